The summed E-state index contributed by atoms with van der Waals surface area (Å²) in [4.78, 5) is 24.0. The van der Waals surface area contributed by atoms with Crippen molar-refractivity contribution in [2.45, 2.75) is 6.92 Å². The maximum atomic E-state index is 12.3. The van der Waals surface area contributed by atoms with Gasteiger partial charge in [0.25, 0.3) is 5.91 Å². The van der Waals surface area contributed by atoms with E-state index in [-0.39, 0.29) is 11.0 Å². The third-order valence-corrected chi connectivity index (χ3v) is 3.42. The molecule has 25 heavy (non-hydrogen) atoms. The van der Waals surface area contributed by atoms with Gasteiger partial charge in [-0.25, -0.2) is 4.79 Å². The van der Waals surface area contributed by atoms with Crippen molar-refractivity contribution in [1.82, 2.24) is 5.32 Å². The van der Waals surface area contributed by atoms with Crippen molar-refractivity contribution in [3.05, 3.63) is 59.7 Å². The molecule has 0 aliphatic rings. The van der Waals surface area contributed by atoms with Crippen molar-refractivity contribution >= 4 is 34.9 Å². The van der Waals surface area contributed by atoms with Gasteiger partial charge < -0.3 is 14.8 Å². The third-order valence-electron chi connectivity index (χ3n) is 3.21. The first kappa shape index (κ1) is 18.4. The lowest BCUT2D eigenvalue weighted by molar-refractivity contribution is 0.0602. The highest BCUT2D eigenvalue weighted by Gasteiger charge is 2.14. The molecule has 0 aliphatic heterocycles. The predicted octanol–water partition coefficient (Wildman–Crippen LogP) is 3.00. The summed E-state index contributed by atoms with van der Waals surface area (Å²) in [5.41, 5.74) is 1.18. The van der Waals surface area contributed by atoms with Gasteiger partial charge in [-0.3, -0.25) is 10.1 Å². The van der Waals surface area contributed by atoms with Crippen molar-refractivity contribution in [2.75, 3.05) is 19.0 Å². The highest BCUT2D eigenvalue weighted by Crippen LogP contribution is 2.16. The molecule has 0 aliphatic carbocycles. The zero-order valence-electron chi connectivity index (χ0n) is 13.9. The normalized spacial score (nSPS) is 9.84. The van der Waals surface area contributed by atoms with Gasteiger partial charge in [-0.1, -0.05) is 18.2 Å². The molecular weight excluding hydrogens is 340 g/mol. The molecular formula is C18H18N2O4S. The van der Waals surface area contributed by atoms with Crippen LogP contribution in [0, 0.1) is 0 Å². The molecule has 2 aromatic rings. The summed E-state index contributed by atoms with van der Waals surface area (Å²) in [5, 5.41) is 5.48. The molecule has 1 amide bonds. The summed E-state index contributed by atoms with van der Waals surface area (Å²) in [6.07, 6.45) is 0. The minimum absolute atomic E-state index is 0.0724. The van der Waals surface area contributed by atoms with E-state index in [2.05, 4.69) is 10.6 Å². The van der Waals surface area contributed by atoms with Crippen molar-refractivity contribution in [3.8, 4) is 5.75 Å². The Morgan fingerprint density at radius 2 is 1.88 bits per heavy atom. The summed E-state index contributed by atoms with van der Waals surface area (Å²) < 4.78 is 10.1. The number of hydrogen-bond donors (Lipinski definition) is 2. The van der Waals surface area contributed by atoms with Gasteiger partial charge in [0.1, 0.15) is 5.75 Å². The minimum atomic E-state index is -0.498. The highest BCUT2D eigenvalue weighted by atomic mass is 32.1. The minimum Gasteiger partial charge on any atom is -0.494 e. The Morgan fingerprint density at radius 1 is 1.12 bits per heavy atom. The lowest BCUT2D eigenvalue weighted by Crippen LogP contribution is -2.34. The molecule has 0 atom stereocenters. The van der Waals surface area contributed by atoms with E-state index in [1.165, 1.54) is 7.11 Å². The molecule has 0 aromatic heterocycles. The van der Waals surface area contributed by atoms with Crippen LogP contribution >= 0.6 is 12.2 Å². The number of carbonyl (C=O) groups is 2. The number of hydrogen-bond acceptors (Lipinski definition) is 5. The van der Waals surface area contributed by atoms with Crippen LogP contribution in [0.1, 0.15) is 27.6 Å². The summed E-state index contributed by atoms with van der Waals surface area (Å²) in [5.74, 6) is -0.277. The quantitative estimate of drug-likeness (QED) is 0.632. The van der Waals surface area contributed by atoms with E-state index in [1.807, 2.05) is 6.92 Å². The lowest BCUT2D eigenvalue weighted by Gasteiger charge is -2.12. The number of rotatable bonds is 5. The average molecular weight is 358 g/mol. The van der Waals surface area contributed by atoms with Crippen molar-refractivity contribution in [2.24, 2.45) is 0 Å². The van der Waals surface area contributed by atoms with Gasteiger partial charge in [0.2, 0.25) is 0 Å². The average Bonchev–Trinajstić information content (AvgIpc) is 2.62. The van der Waals surface area contributed by atoms with Gasteiger partial charge in [-0.05, 0) is 49.5 Å². The molecule has 2 aromatic carbocycles. The van der Waals surface area contributed by atoms with Gasteiger partial charge in [0.05, 0.1) is 25.0 Å². The molecule has 0 unspecified atom stereocenters. The number of carbonyl (C=O) groups excluding carboxylic acids is 2. The molecule has 0 spiro atoms. The number of ether oxygens (including phenoxy) is 2. The Labute approximate surface area is 151 Å². The van der Waals surface area contributed by atoms with Gasteiger partial charge in [0, 0.05) is 5.56 Å². The number of para-hydroxylation sites is 1. The van der Waals surface area contributed by atoms with Crippen LogP contribution < -0.4 is 15.4 Å². The second-order valence-electron chi connectivity index (χ2n) is 4.91. The number of thiocarbonyl (C=S) groups is 1. The zero-order chi connectivity index (χ0) is 18.2. The zero-order valence-corrected chi connectivity index (χ0v) is 14.7. The Balaban J connectivity index is 2.07. The molecule has 0 saturated heterocycles. The van der Waals surface area contributed by atoms with E-state index in [4.69, 9.17) is 21.7 Å². The summed E-state index contributed by atoms with van der Waals surface area (Å²) >= 11 is 5.15. The molecule has 130 valence electrons. The number of anilines is 1. The summed E-state index contributed by atoms with van der Waals surface area (Å²) in [7, 11) is 1.30. The van der Waals surface area contributed by atoms with Crippen LogP contribution in [-0.4, -0.2) is 30.7 Å². The third kappa shape index (κ3) is 5.02. The lowest BCUT2D eigenvalue weighted by atomic mass is 10.2. The topological polar surface area (TPSA) is 76.7 Å². The first-order valence-corrected chi connectivity index (χ1v) is 7.98. The maximum Gasteiger partial charge on any atom is 0.339 e. The SMILES string of the molecule is CCOc1cccc(C(=O)NC(=S)Nc2ccccc2C(=O)OC)c1. The molecule has 0 bridgehead atoms. The predicted molar refractivity (Wildman–Crippen MR) is 99.1 cm³/mol. The maximum absolute atomic E-state index is 12.3. The summed E-state index contributed by atoms with van der Waals surface area (Å²) in [6, 6.07) is 13.5. The fraction of sp³-hybridized carbons (Fsp3) is 0.167. The monoisotopic (exact) mass is 358 g/mol. The number of nitrogens with one attached hydrogen (secondary N) is 2. The molecule has 2 rings (SSSR count). The van der Waals surface area contributed by atoms with E-state index in [9.17, 15) is 9.59 Å². The number of esters is 1. The second-order valence-corrected chi connectivity index (χ2v) is 5.31. The molecule has 7 heteroatoms. The van der Waals surface area contributed by atoms with E-state index in [0.29, 0.717) is 29.2 Å². The molecule has 0 saturated carbocycles. The largest absolute Gasteiger partial charge is 0.494 e. The van der Waals surface area contributed by atoms with Crippen LogP contribution in [-0.2, 0) is 4.74 Å². The van der Waals surface area contributed by atoms with Crippen LogP contribution in [0.5, 0.6) is 5.75 Å². The van der Waals surface area contributed by atoms with Gasteiger partial charge in [0.15, 0.2) is 5.11 Å². The molecule has 6 nitrogen and oxygen atoms in total. The van der Waals surface area contributed by atoms with Crippen LogP contribution in [0.4, 0.5) is 5.69 Å². The van der Waals surface area contributed by atoms with E-state index in [0.717, 1.165) is 0 Å². The van der Waals surface area contributed by atoms with Crippen LogP contribution in [0.3, 0.4) is 0 Å². The fourth-order valence-corrected chi connectivity index (χ4v) is 2.31. The van der Waals surface area contributed by atoms with Crippen molar-refractivity contribution < 1.29 is 19.1 Å². The van der Waals surface area contributed by atoms with Crippen molar-refractivity contribution in [3.63, 3.8) is 0 Å². The number of benzene rings is 2. The standard InChI is InChI=1S/C18H18N2O4S/c1-3-24-13-8-6-7-12(11-13)16(21)20-18(25)19-15-10-5-4-9-14(15)17(22)23-2/h4-11H,3H2,1-2H3,(H2,19,20,21,25). The number of amides is 1. The van der Waals surface area contributed by atoms with Gasteiger partial charge in [-0.15, -0.1) is 0 Å². The molecule has 0 fully saturated rings. The van der Waals surface area contributed by atoms with E-state index >= 15 is 0 Å². The number of methoxy groups -OCH3 is 1. The molecule has 0 radical (unpaired) electrons. The molecule has 2 N–H and O–H groups in total. The first-order valence-electron chi connectivity index (χ1n) is 7.57. The Kier molecular flexibility index (Phi) is 6.47. The van der Waals surface area contributed by atoms with E-state index in [1.54, 1.807) is 48.5 Å². The van der Waals surface area contributed by atoms with Crippen LogP contribution in [0.2, 0.25) is 0 Å². The Hall–Kier alpha value is -2.93. The summed E-state index contributed by atoms with van der Waals surface area (Å²) in [6.45, 7) is 2.37. The fourth-order valence-electron chi connectivity index (χ4n) is 2.10. The second kappa shape index (κ2) is 8.79. The Morgan fingerprint density at radius 3 is 2.60 bits per heavy atom. The van der Waals surface area contributed by atoms with Gasteiger partial charge in [-0.2, -0.15) is 0 Å². The van der Waals surface area contributed by atoms with Crippen LogP contribution in [0.25, 0.3) is 0 Å². The van der Waals surface area contributed by atoms with E-state index < -0.39 is 5.97 Å². The van der Waals surface area contributed by atoms with Crippen LogP contribution in [0.15, 0.2) is 48.5 Å². The van der Waals surface area contributed by atoms with Crippen molar-refractivity contribution in [1.29, 1.82) is 0 Å². The molecule has 0 heterocycles. The highest BCUT2D eigenvalue weighted by molar-refractivity contribution is 7.80. The van der Waals surface area contributed by atoms with Gasteiger partial charge >= 0.3 is 5.97 Å². The first-order chi connectivity index (χ1) is 12.0. The smallest absolute Gasteiger partial charge is 0.339 e. The Bertz CT molecular complexity index is 792.